The molecule has 0 spiro atoms. The van der Waals surface area contributed by atoms with Crippen LogP contribution in [0.1, 0.15) is 17.9 Å². The van der Waals surface area contributed by atoms with Gasteiger partial charge in [0.15, 0.2) is 0 Å². The average Bonchev–Trinajstić information content (AvgIpc) is 2.44. The molecule has 0 aliphatic rings. The third kappa shape index (κ3) is 5.59. The summed E-state index contributed by atoms with van der Waals surface area (Å²) in [5.74, 6) is 0.544. The number of aliphatic hydroxyl groups excluding tert-OH is 1. The molecule has 0 heterocycles. The van der Waals surface area contributed by atoms with E-state index in [1.807, 2.05) is 43.3 Å². The average molecular weight is 280 g/mol. The van der Waals surface area contributed by atoms with Gasteiger partial charge < -0.3 is 20.1 Å². The molecular formula is C15H24N2O3. The topological polar surface area (TPSA) is 61.8 Å². The lowest BCUT2D eigenvalue weighted by molar-refractivity contribution is -0.121. The maximum atomic E-state index is 11.8. The molecule has 0 saturated carbocycles. The van der Waals surface area contributed by atoms with Gasteiger partial charge in [0.1, 0.15) is 5.75 Å². The van der Waals surface area contributed by atoms with E-state index in [4.69, 9.17) is 4.74 Å². The molecule has 1 amide bonds. The van der Waals surface area contributed by atoms with Crippen molar-refractivity contribution in [2.75, 3.05) is 40.9 Å². The molecule has 0 aliphatic carbocycles. The molecule has 1 aromatic rings. The van der Waals surface area contributed by atoms with E-state index in [0.29, 0.717) is 6.54 Å². The molecule has 20 heavy (non-hydrogen) atoms. The lowest BCUT2D eigenvalue weighted by Gasteiger charge is -2.16. The third-order valence-corrected chi connectivity index (χ3v) is 3.12. The molecule has 0 saturated heterocycles. The molecule has 0 aliphatic heterocycles. The first-order valence-electron chi connectivity index (χ1n) is 6.73. The lowest BCUT2D eigenvalue weighted by Crippen LogP contribution is -2.32. The first kappa shape index (κ1) is 16.5. The third-order valence-electron chi connectivity index (χ3n) is 3.12. The number of likely N-dealkylation sites (N-methyl/N-ethyl adjacent to an activating group) is 1. The van der Waals surface area contributed by atoms with Crippen molar-refractivity contribution in [1.82, 2.24) is 10.2 Å². The van der Waals surface area contributed by atoms with Gasteiger partial charge in [-0.15, -0.1) is 0 Å². The normalized spacial score (nSPS) is 12.2. The number of rotatable bonds is 8. The quantitative estimate of drug-likeness (QED) is 0.741. The summed E-state index contributed by atoms with van der Waals surface area (Å²) >= 11 is 0. The number of hydrogen-bond acceptors (Lipinski definition) is 4. The Hall–Kier alpha value is -1.59. The number of ether oxygens (including phenoxy) is 1. The number of methoxy groups -OCH3 is 1. The van der Waals surface area contributed by atoms with Gasteiger partial charge in [-0.25, -0.2) is 0 Å². The largest absolute Gasteiger partial charge is 0.497 e. The fourth-order valence-corrected chi connectivity index (χ4v) is 1.88. The summed E-state index contributed by atoms with van der Waals surface area (Å²) in [7, 11) is 5.52. The summed E-state index contributed by atoms with van der Waals surface area (Å²) in [6.07, 6.45) is 0.288. The SMILES string of the molecule is COc1ccc(C(CO)CC(=O)NCCN(C)C)cc1. The summed E-state index contributed by atoms with van der Waals surface area (Å²) in [6, 6.07) is 7.43. The number of carbonyl (C=O) groups is 1. The Balaban J connectivity index is 2.50. The molecule has 1 aromatic carbocycles. The van der Waals surface area contributed by atoms with Crippen LogP contribution in [0.4, 0.5) is 0 Å². The van der Waals surface area contributed by atoms with Crippen LogP contribution in [0, 0.1) is 0 Å². The first-order chi connectivity index (χ1) is 9.56. The lowest BCUT2D eigenvalue weighted by atomic mass is 9.96. The zero-order valence-electron chi connectivity index (χ0n) is 12.4. The van der Waals surface area contributed by atoms with Crippen LogP contribution in [0.15, 0.2) is 24.3 Å². The van der Waals surface area contributed by atoms with Gasteiger partial charge in [0.2, 0.25) is 5.91 Å². The molecule has 0 fully saturated rings. The summed E-state index contributed by atoms with van der Waals surface area (Å²) in [6.45, 7) is 1.37. The van der Waals surface area contributed by atoms with Gasteiger partial charge in [-0.2, -0.15) is 0 Å². The highest BCUT2D eigenvalue weighted by Gasteiger charge is 2.15. The molecule has 1 rings (SSSR count). The van der Waals surface area contributed by atoms with Gasteiger partial charge in [-0.1, -0.05) is 12.1 Å². The standard InChI is InChI=1S/C15H24N2O3/c1-17(2)9-8-16-15(19)10-13(11-18)12-4-6-14(20-3)7-5-12/h4-7,13,18H,8-11H2,1-3H3,(H,16,19). The number of benzene rings is 1. The van der Waals surface area contributed by atoms with Crippen molar-refractivity contribution in [3.63, 3.8) is 0 Å². The van der Waals surface area contributed by atoms with Gasteiger partial charge >= 0.3 is 0 Å². The van der Waals surface area contributed by atoms with Crippen LogP contribution in [-0.4, -0.2) is 56.8 Å². The van der Waals surface area contributed by atoms with E-state index < -0.39 is 0 Å². The van der Waals surface area contributed by atoms with Crippen molar-refractivity contribution in [3.8, 4) is 5.75 Å². The number of hydrogen-bond donors (Lipinski definition) is 2. The van der Waals surface area contributed by atoms with E-state index >= 15 is 0 Å². The molecular weight excluding hydrogens is 256 g/mol. The van der Waals surface area contributed by atoms with Crippen molar-refractivity contribution >= 4 is 5.91 Å². The molecule has 1 atom stereocenters. The van der Waals surface area contributed by atoms with E-state index in [0.717, 1.165) is 17.9 Å². The van der Waals surface area contributed by atoms with Crippen molar-refractivity contribution in [2.45, 2.75) is 12.3 Å². The van der Waals surface area contributed by atoms with Crippen LogP contribution in [0.2, 0.25) is 0 Å². The minimum atomic E-state index is -0.180. The van der Waals surface area contributed by atoms with Gasteiger partial charge in [0, 0.05) is 25.4 Å². The van der Waals surface area contributed by atoms with Crippen molar-refractivity contribution in [2.24, 2.45) is 0 Å². The van der Waals surface area contributed by atoms with Crippen LogP contribution >= 0.6 is 0 Å². The summed E-state index contributed by atoms with van der Waals surface area (Å²) in [5.41, 5.74) is 0.941. The Bertz CT molecular complexity index is 404. The van der Waals surface area contributed by atoms with Crippen molar-refractivity contribution in [1.29, 1.82) is 0 Å². The molecule has 0 bridgehead atoms. The zero-order chi connectivity index (χ0) is 15.0. The second-order valence-corrected chi connectivity index (χ2v) is 5.01. The molecule has 0 radical (unpaired) electrons. The maximum absolute atomic E-state index is 11.8. The van der Waals surface area contributed by atoms with Crippen LogP contribution < -0.4 is 10.1 Å². The molecule has 112 valence electrons. The second kappa shape index (κ2) is 8.55. The minimum Gasteiger partial charge on any atom is -0.497 e. The predicted molar refractivity (Wildman–Crippen MR) is 79.0 cm³/mol. The van der Waals surface area contributed by atoms with Crippen LogP contribution in [-0.2, 0) is 4.79 Å². The number of nitrogens with zero attached hydrogens (tertiary/aromatic N) is 1. The Kier molecular flexibility index (Phi) is 7.04. The van der Waals surface area contributed by atoms with E-state index in [9.17, 15) is 9.90 Å². The van der Waals surface area contributed by atoms with E-state index in [1.165, 1.54) is 0 Å². The van der Waals surface area contributed by atoms with E-state index in [2.05, 4.69) is 5.32 Å². The fraction of sp³-hybridized carbons (Fsp3) is 0.533. The highest BCUT2D eigenvalue weighted by molar-refractivity contribution is 5.76. The monoisotopic (exact) mass is 280 g/mol. The first-order valence-corrected chi connectivity index (χ1v) is 6.73. The number of amides is 1. The maximum Gasteiger partial charge on any atom is 0.220 e. The van der Waals surface area contributed by atoms with Gasteiger partial charge in [0.05, 0.1) is 13.7 Å². The Morgan fingerprint density at radius 2 is 2.00 bits per heavy atom. The van der Waals surface area contributed by atoms with E-state index in [1.54, 1.807) is 7.11 Å². The van der Waals surface area contributed by atoms with Crippen molar-refractivity contribution in [3.05, 3.63) is 29.8 Å². The highest BCUT2D eigenvalue weighted by Crippen LogP contribution is 2.21. The smallest absolute Gasteiger partial charge is 0.220 e. The Morgan fingerprint density at radius 3 is 2.50 bits per heavy atom. The van der Waals surface area contributed by atoms with Crippen molar-refractivity contribution < 1.29 is 14.6 Å². The van der Waals surface area contributed by atoms with Gasteiger partial charge in [-0.05, 0) is 31.8 Å². The number of nitrogens with one attached hydrogen (secondary N) is 1. The molecule has 1 unspecified atom stereocenters. The number of carbonyl (C=O) groups excluding carboxylic acids is 1. The molecule has 2 N–H and O–H groups in total. The molecule has 0 aromatic heterocycles. The van der Waals surface area contributed by atoms with Gasteiger partial charge in [0.25, 0.3) is 0 Å². The van der Waals surface area contributed by atoms with Crippen LogP contribution in [0.5, 0.6) is 5.75 Å². The zero-order valence-corrected chi connectivity index (χ0v) is 12.4. The Labute approximate surface area is 120 Å². The summed E-state index contributed by atoms with van der Waals surface area (Å²) < 4.78 is 5.09. The van der Waals surface area contributed by atoms with Crippen LogP contribution in [0.25, 0.3) is 0 Å². The minimum absolute atomic E-state index is 0.0401. The van der Waals surface area contributed by atoms with E-state index in [-0.39, 0.29) is 24.9 Å². The summed E-state index contributed by atoms with van der Waals surface area (Å²) in [4.78, 5) is 13.8. The predicted octanol–water partition coefficient (Wildman–Crippen LogP) is 0.839. The molecule has 5 nitrogen and oxygen atoms in total. The van der Waals surface area contributed by atoms with Gasteiger partial charge in [-0.3, -0.25) is 4.79 Å². The van der Waals surface area contributed by atoms with Crippen LogP contribution in [0.3, 0.4) is 0 Å². The summed E-state index contributed by atoms with van der Waals surface area (Å²) in [5, 5.41) is 12.3. The fourth-order valence-electron chi connectivity index (χ4n) is 1.88. The Morgan fingerprint density at radius 1 is 1.35 bits per heavy atom. The number of aliphatic hydroxyl groups is 1. The molecule has 5 heteroatoms. The second-order valence-electron chi connectivity index (χ2n) is 5.01. The highest BCUT2D eigenvalue weighted by atomic mass is 16.5.